The first kappa shape index (κ1) is 17.0. The second-order valence-corrected chi connectivity index (χ2v) is 7.35. The summed E-state index contributed by atoms with van der Waals surface area (Å²) in [7, 11) is 0. The zero-order valence-electron chi connectivity index (χ0n) is 14.2. The number of nitrogens with zero attached hydrogens (tertiary/aromatic N) is 3. The Morgan fingerprint density at radius 1 is 1.19 bits per heavy atom. The Labute approximate surface area is 159 Å². The number of rotatable bonds is 4. The molecule has 4 rings (SSSR count). The Morgan fingerprint density at radius 3 is 2.85 bits per heavy atom. The molecule has 0 bridgehead atoms. The highest BCUT2D eigenvalue weighted by Gasteiger charge is 2.19. The van der Waals surface area contributed by atoms with E-state index in [-0.39, 0.29) is 17.9 Å². The zero-order chi connectivity index (χ0) is 18.1. The lowest BCUT2D eigenvalue weighted by molar-refractivity contribution is -0.116. The first-order chi connectivity index (χ1) is 12.6. The Hall–Kier alpha value is -2.41. The quantitative estimate of drug-likeness (QED) is 0.712. The lowest BCUT2D eigenvalue weighted by Gasteiger charge is -2.10. The van der Waals surface area contributed by atoms with Crippen molar-refractivity contribution in [2.75, 3.05) is 5.32 Å². The summed E-state index contributed by atoms with van der Waals surface area (Å²) >= 11 is 3.41. The van der Waals surface area contributed by atoms with Gasteiger partial charge in [0.2, 0.25) is 5.91 Å². The molecular formula is C19H19BrN4O2. The summed E-state index contributed by atoms with van der Waals surface area (Å²) in [6.45, 7) is 0.339. The molecule has 26 heavy (non-hydrogen) atoms. The van der Waals surface area contributed by atoms with Crippen LogP contribution in [0.3, 0.4) is 0 Å². The number of carbonyl (C=O) groups is 1. The Morgan fingerprint density at radius 2 is 2.00 bits per heavy atom. The largest absolute Gasteiger partial charge is 0.325 e. The molecule has 1 aliphatic rings. The number of halogens is 1. The Balaban J connectivity index is 1.52. The molecular weight excluding hydrogens is 396 g/mol. The van der Waals surface area contributed by atoms with Crippen LogP contribution in [0.2, 0.25) is 0 Å². The monoisotopic (exact) mass is 414 g/mol. The minimum atomic E-state index is -0.126. The number of benzene rings is 1. The van der Waals surface area contributed by atoms with Crippen molar-refractivity contribution >= 4 is 33.0 Å². The molecule has 0 fully saturated rings. The third-order valence-corrected chi connectivity index (χ3v) is 5.45. The van der Waals surface area contributed by atoms with E-state index in [9.17, 15) is 9.59 Å². The van der Waals surface area contributed by atoms with Gasteiger partial charge in [0, 0.05) is 35.4 Å². The van der Waals surface area contributed by atoms with Gasteiger partial charge >= 0.3 is 0 Å². The molecule has 0 aliphatic heterocycles. The molecule has 1 amide bonds. The summed E-state index contributed by atoms with van der Waals surface area (Å²) in [4.78, 5) is 25.1. The van der Waals surface area contributed by atoms with Gasteiger partial charge in [-0.2, -0.15) is 5.10 Å². The van der Waals surface area contributed by atoms with E-state index in [1.54, 1.807) is 21.5 Å². The fourth-order valence-corrected chi connectivity index (χ4v) is 3.81. The molecule has 1 aliphatic carbocycles. The number of anilines is 1. The van der Waals surface area contributed by atoms with Crippen molar-refractivity contribution < 1.29 is 4.79 Å². The number of amides is 1. The van der Waals surface area contributed by atoms with Gasteiger partial charge < -0.3 is 9.88 Å². The summed E-state index contributed by atoms with van der Waals surface area (Å²) in [5.41, 5.74) is 3.43. The van der Waals surface area contributed by atoms with Crippen LogP contribution >= 0.6 is 15.9 Å². The van der Waals surface area contributed by atoms with Crippen LogP contribution in [0.4, 0.5) is 5.69 Å². The lowest BCUT2D eigenvalue weighted by atomic mass is 9.97. The molecule has 0 saturated heterocycles. The predicted octanol–water partition coefficient (Wildman–Crippen LogP) is 3.17. The van der Waals surface area contributed by atoms with Crippen molar-refractivity contribution in [2.24, 2.45) is 0 Å². The van der Waals surface area contributed by atoms with Crippen molar-refractivity contribution in [1.82, 2.24) is 14.2 Å². The van der Waals surface area contributed by atoms with Gasteiger partial charge in [-0.25, -0.2) is 4.52 Å². The number of carbonyl (C=O) groups excluding carboxylic acids is 1. The summed E-state index contributed by atoms with van der Waals surface area (Å²) in [6.07, 6.45) is 7.80. The number of nitrogens with one attached hydrogen (secondary N) is 1. The van der Waals surface area contributed by atoms with Crippen molar-refractivity contribution in [3.8, 4) is 0 Å². The maximum atomic E-state index is 12.8. The average Bonchev–Trinajstić information content (AvgIpc) is 3.02. The van der Waals surface area contributed by atoms with E-state index in [2.05, 4.69) is 26.3 Å². The molecule has 0 unspecified atom stereocenters. The van der Waals surface area contributed by atoms with Crippen LogP contribution in [-0.2, 0) is 24.2 Å². The normalized spacial score (nSPS) is 13.6. The van der Waals surface area contributed by atoms with Crippen molar-refractivity contribution in [1.29, 1.82) is 0 Å². The van der Waals surface area contributed by atoms with Crippen LogP contribution in [0.25, 0.3) is 5.52 Å². The van der Waals surface area contributed by atoms with Crippen LogP contribution in [0, 0.1) is 0 Å². The van der Waals surface area contributed by atoms with Crippen molar-refractivity contribution in [3.05, 3.63) is 62.7 Å². The van der Waals surface area contributed by atoms with Gasteiger partial charge in [-0.05, 0) is 53.7 Å². The molecule has 7 heteroatoms. The summed E-state index contributed by atoms with van der Waals surface area (Å²) in [5.74, 6) is -0.126. The Kier molecular flexibility index (Phi) is 4.63. The predicted molar refractivity (Wildman–Crippen MR) is 103 cm³/mol. The number of aromatic nitrogens is 3. The number of fused-ring (bicyclic) bond motifs is 3. The highest BCUT2D eigenvalue weighted by molar-refractivity contribution is 9.10. The molecule has 0 atom stereocenters. The highest BCUT2D eigenvalue weighted by Crippen LogP contribution is 2.23. The first-order valence-corrected chi connectivity index (χ1v) is 9.57. The van der Waals surface area contributed by atoms with Crippen LogP contribution in [-0.4, -0.2) is 20.1 Å². The van der Waals surface area contributed by atoms with Gasteiger partial charge in [-0.3, -0.25) is 9.59 Å². The standard InChI is InChI=1S/C19H19BrN4O2/c20-14-6-2-4-8-16(14)21-17(25)9-10-23-11-12-24-18(19(23)26)13-5-1-3-7-15(13)22-24/h2,4,6,8,11-12H,1,3,5,7,9-10H2,(H,21,25). The molecule has 0 radical (unpaired) electrons. The third kappa shape index (κ3) is 3.19. The molecule has 3 aromatic rings. The molecule has 134 valence electrons. The molecule has 0 saturated carbocycles. The van der Waals surface area contributed by atoms with Gasteiger partial charge in [-0.15, -0.1) is 0 Å². The molecule has 6 nitrogen and oxygen atoms in total. The van der Waals surface area contributed by atoms with E-state index in [0.717, 1.165) is 47.1 Å². The van der Waals surface area contributed by atoms with Crippen LogP contribution in [0.5, 0.6) is 0 Å². The molecule has 0 spiro atoms. The SMILES string of the molecule is O=C(CCn1ccn2nc3c(c2c1=O)CCCC3)Nc1ccccc1Br. The number of para-hydroxylation sites is 1. The second-order valence-electron chi connectivity index (χ2n) is 6.50. The van der Waals surface area contributed by atoms with E-state index in [4.69, 9.17) is 0 Å². The van der Waals surface area contributed by atoms with Crippen LogP contribution < -0.4 is 10.9 Å². The smallest absolute Gasteiger partial charge is 0.276 e. The van der Waals surface area contributed by atoms with E-state index in [0.29, 0.717) is 12.1 Å². The molecule has 1 N–H and O–H groups in total. The third-order valence-electron chi connectivity index (χ3n) is 4.76. The minimum absolute atomic E-state index is 0.0724. The molecule has 1 aromatic carbocycles. The fourth-order valence-electron chi connectivity index (χ4n) is 3.43. The number of hydrogen-bond donors (Lipinski definition) is 1. The van der Waals surface area contributed by atoms with E-state index in [1.165, 1.54) is 0 Å². The van der Waals surface area contributed by atoms with Gasteiger partial charge in [0.05, 0.1) is 11.4 Å². The summed E-state index contributed by atoms with van der Waals surface area (Å²) in [6, 6.07) is 7.46. The van der Waals surface area contributed by atoms with Crippen LogP contribution in [0.15, 0.2) is 45.9 Å². The van der Waals surface area contributed by atoms with Crippen LogP contribution in [0.1, 0.15) is 30.5 Å². The average molecular weight is 415 g/mol. The molecule has 2 heterocycles. The van der Waals surface area contributed by atoms with E-state index < -0.39 is 0 Å². The summed E-state index contributed by atoms with van der Waals surface area (Å²) < 4.78 is 4.12. The zero-order valence-corrected chi connectivity index (χ0v) is 15.8. The van der Waals surface area contributed by atoms with E-state index >= 15 is 0 Å². The van der Waals surface area contributed by atoms with Crippen molar-refractivity contribution in [2.45, 2.75) is 38.6 Å². The number of aryl methyl sites for hydroxylation is 3. The van der Waals surface area contributed by atoms with Gasteiger partial charge in [0.1, 0.15) is 5.52 Å². The topological polar surface area (TPSA) is 68.4 Å². The Bertz CT molecular complexity index is 1040. The van der Waals surface area contributed by atoms with Crippen molar-refractivity contribution in [3.63, 3.8) is 0 Å². The number of hydrogen-bond acceptors (Lipinski definition) is 3. The van der Waals surface area contributed by atoms with Gasteiger partial charge in [-0.1, -0.05) is 12.1 Å². The highest BCUT2D eigenvalue weighted by atomic mass is 79.9. The maximum absolute atomic E-state index is 12.8. The minimum Gasteiger partial charge on any atom is -0.325 e. The van der Waals surface area contributed by atoms with E-state index in [1.807, 2.05) is 24.3 Å². The van der Waals surface area contributed by atoms with Gasteiger partial charge in [0.25, 0.3) is 5.56 Å². The fraction of sp³-hybridized carbons (Fsp3) is 0.316. The van der Waals surface area contributed by atoms with Gasteiger partial charge in [0.15, 0.2) is 0 Å². The first-order valence-electron chi connectivity index (χ1n) is 8.77. The lowest BCUT2D eigenvalue weighted by Crippen LogP contribution is -2.25. The summed E-state index contributed by atoms with van der Waals surface area (Å²) in [5, 5.41) is 7.40. The maximum Gasteiger partial charge on any atom is 0.276 e. The second kappa shape index (κ2) is 7.07. The molecule has 2 aromatic heterocycles.